The van der Waals surface area contributed by atoms with Crippen molar-refractivity contribution in [1.82, 2.24) is 25.1 Å². The molecule has 31 heavy (non-hydrogen) atoms. The summed E-state index contributed by atoms with van der Waals surface area (Å²) in [6.07, 6.45) is 0.919. The number of thiazole rings is 1. The van der Waals surface area contributed by atoms with Crippen LogP contribution in [-0.2, 0) is 16.0 Å². The van der Waals surface area contributed by atoms with E-state index in [4.69, 9.17) is 9.72 Å². The van der Waals surface area contributed by atoms with Crippen molar-refractivity contribution >= 4 is 28.2 Å². The van der Waals surface area contributed by atoms with Gasteiger partial charge in [-0.15, -0.1) is 11.3 Å². The van der Waals surface area contributed by atoms with Crippen LogP contribution in [0.5, 0.6) is 0 Å². The number of morpholine rings is 1. The lowest BCUT2D eigenvalue weighted by molar-refractivity contribution is -0.139. The second kappa shape index (κ2) is 9.15. The first-order valence-corrected chi connectivity index (χ1v) is 11.3. The summed E-state index contributed by atoms with van der Waals surface area (Å²) in [6.45, 7) is 9.63. The number of hydrogen-bond donors (Lipinski definition) is 2. The normalized spacial score (nSPS) is 16.5. The van der Waals surface area contributed by atoms with E-state index in [1.165, 1.54) is 4.88 Å². The predicted octanol–water partition coefficient (Wildman–Crippen LogP) is 3.77. The molecule has 0 saturated carbocycles. The Kier molecular flexibility index (Phi) is 6.33. The van der Waals surface area contributed by atoms with Crippen molar-refractivity contribution in [1.29, 1.82) is 0 Å². The molecule has 3 aromatic rings. The average Bonchev–Trinajstić information content (AvgIpc) is 3.26. The summed E-state index contributed by atoms with van der Waals surface area (Å²) in [4.78, 5) is 25.1. The van der Waals surface area contributed by atoms with Crippen LogP contribution in [0.1, 0.15) is 45.7 Å². The minimum atomic E-state index is -0.239. The fourth-order valence-corrected chi connectivity index (χ4v) is 4.54. The zero-order valence-electron chi connectivity index (χ0n) is 18.4. The topological polar surface area (TPSA) is 96.0 Å². The van der Waals surface area contributed by atoms with E-state index in [0.29, 0.717) is 32.5 Å². The summed E-state index contributed by atoms with van der Waals surface area (Å²) in [7, 11) is 0. The minimum absolute atomic E-state index is 0.135. The van der Waals surface area contributed by atoms with Gasteiger partial charge in [0.1, 0.15) is 11.9 Å². The van der Waals surface area contributed by atoms with E-state index in [0.717, 1.165) is 39.3 Å². The predicted molar refractivity (Wildman–Crippen MR) is 121 cm³/mol. The van der Waals surface area contributed by atoms with Gasteiger partial charge in [-0.3, -0.25) is 9.89 Å². The Hall–Kier alpha value is -2.78. The first-order valence-electron chi connectivity index (χ1n) is 10.5. The molecule has 9 heteroatoms. The summed E-state index contributed by atoms with van der Waals surface area (Å²) in [6, 6.07) is 5.81. The van der Waals surface area contributed by atoms with Gasteiger partial charge < -0.3 is 15.0 Å². The molecule has 1 fully saturated rings. The Labute approximate surface area is 186 Å². The monoisotopic (exact) mass is 440 g/mol. The number of carbonyl (C=O) groups is 1. The Balaban J connectivity index is 1.39. The summed E-state index contributed by atoms with van der Waals surface area (Å²) < 4.78 is 5.95. The van der Waals surface area contributed by atoms with Gasteiger partial charge in [-0.25, -0.2) is 9.97 Å². The minimum Gasteiger partial charge on any atom is -0.368 e. The van der Waals surface area contributed by atoms with Gasteiger partial charge in [-0.05, 0) is 51.8 Å². The number of nitrogens with one attached hydrogen (secondary N) is 2. The molecule has 1 atom stereocenters. The van der Waals surface area contributed by atoms with Crippen molar-refractivity contribution in [2.45, 2.75) is 46.6 Å². The molecule has 1 aliphatic heterocycles. The average molecular weight is 441 g/mol. The van der Waals surface area contributed by atoms with Crippen molar-refractivity contribution in [3.05, 3.63) is 51.4 Å². The van der Waals surface area contributed by atoms with Crippen LogP contribution in [0.4, 0.5) is 10.9 Å². The van der Waals surface area contributed by atoms with Gasteiger partial charge in [-0.1, -0.05) is 6.07 Å². The second-order valence-corrected chi connectivity index (χ2v) is 9.05. The molecular formula is C22H28N6O2S. The van der Waals surface area contributed by atoms with Crippen molar-refractivity contribution < 1.29 is 9.53 Å². The molecule has 8 nitrogen and oxygen atoms in total. The maximum Gasteiger partial charge on any atom is 0.223 e. The number of aryl methyl sites for hydroxylation is 4. The number of aromatic nitrogens is 4. The molecule has 1 aliphatic rings. The molecule has 0 bridgehead atoms. The van der Waals surface area contributed by atoms with Gasteiger partial charge >= 0.3 is 0 Å². The Morgan fingerprint density at radius 2 is 2.10 bits per heavy atom. The molecule has 0 aromatic carbocycles. The maximum absolute atomic E-state index is 12.8. The number of H-pyrrole nitrogens is 1. The SMILES string of the molecule is Cc1nc(Nc2cccc(C3CN(C(=O)CCc4c(C)n[nH]c4C)CCO3)n2)sc1C. The van der Waals surface area contributed by atoms with Crippen LogP contribution in [0.2, 0.25) is 0 Å². The van der Waals surface area contributed by atoms with E-state index in [2.05, 4.69) is 27.4 Å². The number of hydrogen-bond acceptors (Lipinski definition) is 7. The lowest BCUT2D eigenvalue weighted by Crippen LogP contribution is -2.42. The van der Waals surface area contributed by atoms with Crippen molar-refractivity contribution in [2.75, 3.05) is 25.0 Å². The van der Waals surface area contributed by atoms with E-state index >= 15 is 0 Å². The van der Waals surface area contributed by atoms with E-state index in [1.807, 2.05) is 43.9 Å². The molecular weight excluding hydrogens is 412 g/mol. The van der Waals surface area contributed by atoms with Crippen LogP contribution >= 0.6 is 11.3 Å². The highest BCUT2D eigenvalue weighted by atomic mass is 32.1. The van der Waals surface area contributed by atoms with Crippen molar-refractivity contribution in [3.8, 4) is 0 Å². The molecule has 0 spiro atoms. The van der Waals surface area contributed by atoms with E-state index in [1.54, 1.807) is 11.3 Å². The zero-order valence-corrected chi connectivity index (χ0v) is 19.2. The summed E-state index contributed by atoms with van der Waals surface area (Å²) >= 11 is 1.61. The highest BCUT2D eigenvalue weighted by Crippen LogP contribution is 2.26. The Morgan fingerprint density at radius 3 is 2.81 bits per heavy atom. The van der Waals surface area contributed by atoms with Crippen LogP contribution in [0.25, 0.3) is 0 Å². The summed E-state index contributed by atoms with van der Waals surface area (Å²) in [5.74, 6) is 0.862. The maximum atomic E-state index is 12.8. The number of amides is 1. The number of nitrogens with zero attached hydrogens (tertiary/aromatic N) is 4. The third-order valence-electron chi connectivity index (χ3n) is 5.65. The third kappa shape index (κ3) is 4.94. The van der Waals surface area contributed by atoms with Crippen LogP contribution in [0.15, 0.2) is 18.2 Å². The summed E-state index contributed by atoms with van der Waals surface area (Å²) in [5, 5.41) is 11.3. The Bertz CT molecular complexity index is 1040. The fourth-order valence-electron chi connectivity index (χ4n) is 3.72. The lowest BCUT2D eigenvalue weighted by Gasteiger charge is -2.33. The van der Waals surface area contributed by atoms with Crippen LogP contribution in [0.3, 0.4) is 0 Å². The molecule has 1 amide bonds. The first kappa shape index (κ1) is 21.5. The highest BCUT2D eigenvalue weighted by molar-refractivity contribution is 7.15. The van der Waals surface area contributed by atoms with Crippen LogP contribution in [-0.4, -0.2) is 50.7 Å². The van der Waals surface area contributed by atoms with Crippen LogP contribution in [0, 0.1) is 27.7 Å². The highest BCUT2D eigenvalue weighted by Gasteiger charge is 2.26. The molecule has 0 radical (unpaired) electrons. The molecule has 3 aromatic heterocycles. The summed E-state index contributed by atoms with van der Waals surface area (Å²) in [5.41, 5.74) is 4.96. The number of pyridine rings is 1. The van der Waals surface area contributed by atoms with E-state index in [-0.39, 0.29) is 12.0 Å². The van der Waals surface area contributed by atoms with Gasteiger partial charge in [0.2, 0.25) is 5.91 Å². The van der Waals surface area contributed by atoms with Gasteiger partial charge in [0, 0.05) is 23.5 Å². The van der Waals surface area contributed by atoms with Gasteiger partial charge in [0.25, 0.3) is 0 Å². The van der Waals surface area contributed by atoms with Gasteiger partial charge in [0.05, 0.1) is 30.2 Å². The number of rotatable bonds is 6. The smallest absolute Gasteiger partial charge is 0.223 e. The van der Waals surface area contributed by atoms with Gasteiger partial charge in [-0.2, -0.15) is 5.10 Å². The molecule has 1 saturated heterocycles. The number of ether oxygens (including phenoxy) is 1. The first-order chi connectivity index (χ1) is 14.9. The van der Waals surface area contributed by atoms with E-state index in [9.17, 15) is 4.79 Å². The van der Waals surface area contributed by atoms with E-state index < -0.39 is 0 Å². The number of carbonyl (C=O) groups excluding carboxylic acids is 1. The zero-order chi connectivity index (χ0) is 22.0. The quantitative estimate of drug-likeness (QED) is 0.606. The molecule has 1 unspecified atom stereocenters. The molecule has 4 heterocycles. The number of anilines is 2. The van der Waals surface area contributed by atoms with Crippen LogP contribution < -0.4 is 5.32 Å². The third-order valence-corrected chi connectivity index (χ3v) is 6.64. The van der Waals surface area contributed by atoms with Crippen molar-refractivity contribution in [2.24, 2.45) is 0 Å². The number of aromatic amines is 1. The lowest BCUT2D eigenvalue weighted by atomic mass is 10.1. The Morgan fingerprint density at radius 1 is 1.26 bits per heavy atom. The molecule has 164 valence electrons. The largest absolute Gasteiger partial charge is 0.368 e. The fraction of sp³-hybridized carbons (Fsp3) is 0.455. The van der Waals surface area contributed by atoms with Gasteiger partial charge in [0.15, 0.2) is 5.13 Å². The molecule has 2 N–H and O–H groups in total. The van der Waals surface area contributed by atoms with Crippen molar-refractivity contribution in [3.63, 3.8) is 0 Å². The molecule has 0 aliphatic carbocycles. The second-order valence-electron chi connectivity index (χ2n) is 7.85. The molecule has 4 rings (SSSR count). The standard InChI is InChI=1S/C22H28N6O2S/c1-13-16(4)31-22(23-13)25-20-7-5-6-18(24-20)19-12-28(10-11-30-19)21(29)9-8-17-14(2)26-27-15(17)3/h5-7,19H,8-12H2,1-4H3,(H,26,27)(H,23,24,25).